The van der Waals surface area contributed by atoms with E-state index < -0.39 is 18.0 Å². The van der Waals surface area contributed by atoms with Crippen LogP contribution in [0.25, 0.3) is 0 Å². The van der Waals surface area contributed by atoms with Crippen LogP contribution < -0.4 is 10.6 Å². The minimum atomic E-state index is -0.930. The van der Waals surface area contributed by atoms with E-state index in [0.29, 0.717) is 12.1 Å². The van der Waals surface area contributed by atoms with Gasteiger partial charge in [-0.05, 0) is 17.9 Å². The molecule has 2 amide bonds. The third-order valence-electron chi connectivity index (χ3n) is 2.69. The molecule has 0 saturated heterocycles. The Kier molecular flexibility index (Phi) is 6.08. The molecule has 0 spiro atoms. The fourth-order valence-electron chi connectivity index (χ4n) is 1.95. The summed E-state index contributed by atoms with van der Waals surface area (Å²) in [6.45, 7) is 6.27. The van der Waals surface area contributed by atoms with Gasteiger partial charge < -0.3 is 15.7 Å². The molecule has 0 fully saturated rings. The van der Waals surface area contributed by atoms with Crippen molar-refractivity contribution in [1.82, 2.24) is 20.6 Å². The number of nitrogens with zero attached hydrogens (tertiary/aromatic N) is 2. The molecule has 0 aromatic carbocycles. The van der Waals surface area contributed by atoms with E-state index in [1.54, 1.807) is 12.3 Å². The number of aliphatic carboxylic acids is 1. The van der Waals surface area contributed by atoms with E-state index >= 15 is 0 Å². The lowest BCUT2D eigenvalue weighted by Gasteiger charge is -2.25. The predicted molar refractivity (Wildman–Crippen MR) is 77.5 cm³/mol. The molecule has 1 atom stereocenters. The highest BCUT2D eigenvalue weighted by Crippen LogP contribution is 2.22. The van der Waals surface area contributed by atoms with Gasteiger partial charge in [0.15, 0.2) is 0 Å². The van der Waals surface area contributed by atoms with Crippen LogP contribution in [0.5, 0.6) is 0 Å². The van der Waals surface area contributed by atoms with Gasteiger partial charge >= 0.3 is 12.0 Å². The molecule has 7 heteroatoms. The summed E-state index contributed by atoms with van der Waals surface area (Å²) in [6, 6.07) is 0.890. The van der Waals surface area contributed by atoms with Crippen LogP contribution in [-0.4, -0.2) is 33.1 Å². The van der Waals surface area contributed by atoms with Crippen molar-refractivity contribution in [1.29, 1.82) is 0 Å². The quantitative estimate of drug-likeness (QED) is 0.738. The van der Waals surface area contributed by atoms with Crippen LogP contribution in [0.3, 0.4) is 0 Å². The standard InChI is InChI=1S/C14H22N4O3/c1-14(2,3)7-11(6-12(19)20)18-13(21)16-8-10-4-5-15-9-17-10/h4-5,9,11H,6-8H2,1-3H3,(H,19,20)(H2,16,18,21). The highest BCUT2D eigenvalue weighted by molar-refractivity contribution is 5.75. The maximum Gasteiger partial charge on any atom is 0.315 e. The van der Waals surface area contributed by atoms with Crippen molar-refractivity contribution in [2.24, 2.45) is 5.41 Å². The highest BCUT2D eigenvalue weighted by Gasteiger charge is 2.22. The lowest BCUT2D eigenvalue weighted by Crippen LogP contribution is -2.44. The summed E-state index contributed by atoms with van der Waals surface area (Å²) in [4.78, 5) is 30.5. The third kappa shape index (κ3) is 7.86. The molecule has 7 nitrogen and oxygen atoms in total. The summed E-state index contributed by atoms with van der Waals surface area (Å²) in [7, 11) is 0. The summed E-state index contributed by atoms with van der Waals surface area (Å²) in [5.74, 6) is -0.930. The van der Waals surface area contributed by atoms with E-state index in [1.807, 2.05) is 20.8 Å². The molecule has 0 aliphatic heterocycles. The van der Waals surface area contributed by atoms with E-state index in [0.717, 1.165) is 0 Å². The number of urea groups is 1. The zero-order valence-electron chi connectivity index (χ0n) is 12.6. The van der Waals surface area contributed by atoms with Gasteiger partial charge in [-0.1, -0.05) is 20.8 Å². The van der Waals surface area contributed by atoms with Gasteiger partial charge in [0.2, 0.25) is 0 Å². The van der Waals surface area contributed by atoms with Gasteiger partial charge in [-0.25, -0.2) is 14.8 Å². The number of rotatable bonds is 6. The average molecular weight is 294 g/mol. The van der Waals surface area contributed by atoms with Crippen LogP contribution in [-0.2, 0) is 11.3 Å². The van der Waals surface area contributed by atoms with Gasteiger partial charge in [-0.15, -0.1) is 0 Å². The first-order chi connectivity index (χ1) is 9.76. The predicted octanol–water partition coefficient (Wildman–Crippen LogP) is 1.56. The monoisotopic (exact) mass is 294 g/mol. The maximum atomic E-state index is 11.8. The van der Waals surface area contributed by atoms with Crippen molar-refractivity contribution in [3.63, 3.8) is 0 Å². The molecule has 3 N–H and O–H groups in total. The zero-order chi connectivity index (χ0) is 15.9. The lowest BCUT2D eigenvalue weighted by molar-refractivity contribution is -0.137. The molecule has 0 saturated carbocycles. The van der Waals surface area contributed by atoms with Crippen molar-refractivity contribution in [2.45, 2.75) is 46.2 Å². The third-order valence-corrected chi connectivity index (χ3v) is 2.69. The summed E-state index contributed by atoms with van der Waals surface area (Å²) < 4.78 is 0. The molecule has 0 aliphatic carbocycles. The fourth-order valence-corrected chi connectivity index (χ4v) is 1.95. The molecule has 1 aromatic heterocycles. The first-order valence-corrected chi connectivity index (χ1v) is 6.77. The summed E-state index contributed by atoms with van der Waals surface area (Å²) in [5, 5.41) is 14.3. The van der Waals surface area contributed by atoms with E-state index in [4.69, 9.17) is 5.11 Å². The number of carbonyl (C=O) groups is 2. The second kappa shape index (κ2) is 7.56. The summed E-state index contributed by atoms with van der Waals surface area (Å²) in [5.41, 5.74) is 0.616. The molecule has 0 bridgehead atoms. The minimum absolute atomic E-state index is 0.0694. The number of amides is 2. The first kappa shape index (κ1) is 16.9. The van der Waals surface area contributed by atoms with Gasteiger partial charge in [0.05, 0.1) is 18.7 Å². The molecule has 1 aromatic rings. The molecule has 21 heavy (non-hydrogen) atoms. The Labute approximate surface area is 124 Å². The Hall–Kier alpha value is -2.18. The van der Waals surface area contributed by atoms with Gasteiger partial charge in [0.1, 0.15) is 6.33 Å². The number of aromatic nitrogens is 2. The topological polar surface area (TPSA) is 104 Å². The van der Waals surface area contributed by atoms with Crippen LogP contribution in [0.4, 0.5) is 4.79 Å². The molecule has 0 aliphatic rings. The van der Waals surface area contributed by atoms with Crippen molar-refractivity contribution in [3.8, 4) is 0 Å². The molecular weight excluding hydrogens is 272 g/mol. The number of nitrogens with one attached hydrogen (secondary N) is 2. The fraction of sp³-hybridized carbons (Fsp3) is 0.571. The number of hydrogen-bond donors (Lipinski definition) is 3. The summed E-state index contributed by atoms with van der Waals surface area (Å²) in [6.07, 6.45) is 3.48. The Morgan fingerprint density at radius 1 is 1.38 bits per heavy atom. The van der Waals surface area contributed by atoms with E-state index in [-0.39, 0.29) is 18.4 Å². The average Bonchev–Trinajstić information content (AvgIpc) is 2.34. The first-order valence-electron chi connectivity index (χ1n) is 6.77. The van der Waals surface area contributed by atoms with Gasteiger partial charge in [-0.2, -0.15) is 0 Å². The zero-order valence-corrected chi connectivity index (χ0v) is 12.6. The SMILES string of the molecule is CC(C)(C)CC(CC(=O)O)NC(=O)NCc1ccncn1. The van der Waals surface area contributed by atoms with E-state index in [2.05, 4.69) is 20.6 Å². The summed E-state index contributed by atoms with van der Waals surface area (Å²) >= 11 is 0. The molecule has 1 unspecified atom stereocenters. The molecule has 1 rings (SSSR count). The number of carbonyl (C=O) groups excluding carboxylic acids is 1. The van der Waals surface area contributed by atoms with Crippen molar-refractivity contribution in [3.05, 3.63) is 24.3 Å². The number of carboxylic acids is 1. The van der Waals surface area contributed by atoms with Gasteiger partial charge in [0.25, 0.3) is 0 Å². The Balaban J connectivity index is 2.49. The molecule has 1 heterocycles. The Morgan fingerprint density at radius 3 is 2.62 bits per heavy atom. The van der Waals surface area contributed by atoms with Gasteiger partial charge in [-0.3, -0.25) is 4.79 Å². The second-order valence-electron chi connectivity index (χ2n) is 6.09. The maximum absolute atomic E-state index is 11.8. The van der Waals surface area contributed by atoms with Crippen molar-refractivity contribution >= 4 is 12.0 Å². The Bertz CT molecular complexity index is 471. The molecular formula is C14H22N4O3. The normalized spacial score (nSPS) is 12.5. The van der Waals surface area contributed by atoms with Crippen molar-refractivity contribution in [2.75, 3.05) is 0 Å². The van der Waals surface area contributed by atoms with Crippen LogP contribution in [0.15, 0.2) is 18.6 Å². The lowest BCUT2D eigenvalue weighted by atomic mass is 9.87. The van der Waals surface area contributed by atoms with E-state index in [9.17, 15) is 9.59 Å². The Morgan fingerprint density at radius 2 is 2.10 bits per heavy atom. The van der Waals surface area contributed by atoms with Crippen LogP contribution in [0.2, 0.25) is 0 Å². The van der Waals surface area contributed by atoms with Crippen LogP contribution in [0, 0.1) is 5.41 Å². The van der Waals surface area contributed by atoms with E-state index in [1.165, 1.54) is 6.33 Å². The van der Waals surface area contributed by atoms with Crippen LogP contribution >= 0.6 is 0 Å². The number of carboxylic acid groups (broad SMARTS) is 1. The van der Waals surface area contributed by atoms with Crippen LogP contribution in [0.1, 0.15) is 39.3 Å². The van der Waals surface area contributed by atoms with Crippen molar-refractivity contribution < 1.29 is 14.7 Å². The number of hydrogen-bond acceptors (Lipinski definition) is 4. The molecule has 116 valence electrons. The van der Waals surface area contributed by atoms with Gasteiger partial charge in [0, 0.05) is 12.2 Å². The highest BCUT2D eigenvalue weighted by atomic mass is 16.4. The largest absolute Gasteiger partial charge is 0.481 e. The molecule has 0 radical (unpaired) electrons. The minimum Gasteiger partial charge on any atom is -0.481 e. The smallest absolute Gasteiger partial charge is 0.315 e. The second-order valence-corrected chi connectivity index (χ2v) is 6.09.